The largest absolute Gasteiger partial charge is 0.451 e. The van der Waals surface area contributed by atoms with Gasteiger partial charge in [0.25, 0.3) is 11.6 Å². The monoisotopic (exact) mass is 495 g/mol. The zero-order chi connectivity index (χ0) is 24.1. The molecule has 0 fully saturated rings. The second-order valence-corrected chi connectivity index (χ2v) is 8.40. The molecule has 4 aromatic rings. The molecule has 12 heteroatoms. The molecule has 0 bridgehead atoms. The molecule has 0 radical (unpaired) electrons. The lowest BCUT2D eigenvalue weighted by atomic mass is 10.1. The minimum absolute atomic E-state index is 0.0534. The lowest BCUT2D eigenvalue weighted by molar-refractivity contribution is -0.384. The van der Waals surface area contributed by atoms with Crippen LogP contribution < -0.4 is 5.32 Å². The molecule has 0 saturated carbocycles. The van der Waals surface area contributed by atoms with E-state index in [1.165, 1.54) is 30.1 Å². The number of hydrogen-bond donors (Lipinski definition) is 1. The highest BCUT2D eigenvalue weighted by atomic mass is 32.2. The Morgan fingerprint density at radius 3 is 2.74 bits per heavy atom. The minimum Gasteiger partial charge on any atom is -0.451 e. The summed E-state index contributed by atoms with van der Waals surface area (Å²) >= 11 is 2.53. The fraction of sp³-hybridized carbons (Fsp3) is 0.0909. The molecule has 2 aromatic heterocycles. The van der Waals surface area contributed by atoms with E-state index in [0.29, 0.717) is 16.4 Å². The van der Waals surface area contributed by atoms with Crippen molar-refractivity contribution in [3.8, 4) is 16.9 Å². The zero-order valence-electron chi connectivity index (χ0n) is 17.7. The normalized spacial score (nSPS) is 10.6. The number of esters is 1. The van der Waals surface area contributed by atoms with Crippen LogP contribution in [0.25, 0.3) is 16.9 Å². The molecule has 172 valence electrons. The molecule has 0 aliphatic heterocycles. The molecular formula is C22H17N5O5S2. The molecule has 0 saturated heterocycles. The van der Waals surface area contributed by atoms with Gasteiger partial charge >= 0.3 is 5.97 Å². The molecule has 10 nitrogen and oxygen atoms in total. The molecule has 2 heterocycles. The Kier molecular flexibility index (Phi) is 6.99. The van der Waals surface area contributed by atoms with Gasteiger partial charge in [-0.15, -0.1) is 11.3 Å². The maximum absolute atomic E-state index is 12.7. The number of imidazole rings is 1. The fourth-order valence-electron chi connectivity index (χ4n) is 3.05. The van der Waals surface area contributed by atoms with Crippen molar-refractivity contribution in [2.45, 2.75) is 5.16 Å². The summed E-state index contributed by atoms with van der Waals surface area (Å²) in [5.74, 6) is -1.26. The molecule has 34 heavy (non-hydrogen) atoms. The van der Waals surface area contributed by atoms with Crippen molar-refractivity contribution >= 4 is 45.8 Å². The number of aromatic nitrogens is 3. The minimum atomic E-state index is -0.691. The van der Waals surface area contributed by atoms with E-state index in [1.807, 2.05) is 36.6 Å². The highest BCUT2D eigenvalue weighted by Crippen LogP contribution is 2.27. The summed E-state index contributed by atoms with van der Waals surface area (Å²) in [7, 11) is 0. The van der Waals surface area contributed by atoms with Crippen molar-refractivity contribution in [1.82, 2.24) is 14.5 Å². The van der Waals surface area contributed by atoms with Crippen LogP contribution in [0.5, 0.6) is 0 Å². The van der Waals surface area contributed by atoms with E-state index < -0.39 is 23.4 Å². The van der Waals surface area contributed by atoms with E-state index in [0.717, 1.165) is 17.0 Å². The number of nitro benzene ring substituents is 1. The quantitative estimate of drug-likeness (QED) is 0.165. The fourth-order valence-corrected chi connectivity index (χ4v) is 4.33. The Hall–Kier alpha value is -4.03. The highest BCUT2D eigenvalue weighted by Gasteiger charge is 2.20. The first-order chi connectivity index (χ1) is 16.5. The Morgan fingerprint density at radius 2 is 2.00 bits per heavy atom. The van der Waals surface area contributed by atoms with Gasteiger partial charge in [0.2, 0.25) is 0 Å². The third-order valence-electron chi connectivity index (χ3n) is 4.57. The first kappa shape index (κ1) is 23.1. The van der Waals surface area contributed by atoms with Gasteiger partial charge in [0.05, 0.1) is 16.8 Å². The number of rotatable bonds is 8. The van der Waals surface area contributed by atoms with Gasteiger partial charge in [-0.25, -0.2) is 14.8 Å². The number of amides is 1. The number of carbonyl (C=O) groups excluding carboxylic acids is 2. The van der Waals surface area contributed by atoms with Gasteiger partial charge in [-0.1, -0.05) is 42.1 Å². The first-order valence-electron chi connectivity index (χ1n) is 9.80. The molecule has 1 N–H and O–H groups in total. The summed E-state index contributed by atoms with van der Waals surface area (Å²) in [4.78, 5) is 44.0. The van der Waals surface area contributed by atoms with E-state index >= 15 is 0 Å². The number of nitro groups is 1. The third kappa shape index (κ3) is 5.13. The van der Waals surface area contributed by atoms with Crippen molar-refractivity contribution in [3.63, 3.8) is 0 Å². The molecule has 1 amide bonds. The number of thiazole rings is 1. The van der Waals surface area contributed by atoms with E-state index in [9.17, 15) is 19.7 Å². The summed E-state index contributed by atoms with van der Waals surface area (Å²) < 4.78 is 6.86. The number of anilines is 1. The van der Waals surface area contributed by atoms with Crippen LogP contribution in [0.3, 0.4) is 0 Å². The average Bonchev–Trinajstić information content (AvgIpc) is 3.50. The van der Waals surface area contributed by atoms with Crippen LogP contribution >= 0.6 is 23.1 Å². The van der Waals surface area contributed by atoms with Crippen LogP contribution in [0.15, 0.2) is 71.3 Å². The average molecular weight is 496 g/mol. The standard InChI is InChI=1S/C22H17N5O5S2/c1-33-22-23-11-18(26(22)15-7-3-2-4-8-15)20(29)32-12-19(28)25-21-24-17(13-34-21)14-6-5-9-16(10-14)27(30)31/h2-11,13H,12H2,1H3,(H,24,25,28). The molecule has 0 aliphatic rings. The lowest BCUT2D eigenvalue weighted by Crippen LogP contribution is -2.22. The molecule has 0 unspecified atom stereocenters. The summed E-state index contributed by atoms with van der Waals surface area (Å²) in [6.07, 6.45) is 3.26. The predicted molar refractivity (Wildman–Crippen MR) is 128 cm³/mol. The smallest absolute Gasteiger partial charge is 0.357 e. The number of benzene rings is 2. The van der Waals surface area contributed by atoms with Gasteiger partial charge in [-0.2, -0.15) is 0 Å². The van der Waals surface area contributed by atoms with Gasteiger partial charge in [-0.05, 0) is 18.4 Å². The molecule has 0 spiro atoms. The van der Waals surface area contributed by atoms with Gasteiger partial charge < -0.3 is 4.74 Å². The SMILES string of the molecule is CSc1ncc(C(=O)OCC(=O)Nc2nc(-c3cccc([N+](=O)[O-])c3)cs2)n1-c1ccccc1. The van der Waals surface area contributed by atoms with Crippen LogP contribution in [0, 0.1) is 10.1 Å². The van der Waals surface area contributed by atoms with Crippen molar-refractivity contribution in [3.05, 3.63) is 82.0 Å². The number of hydrogen-bond acceptors (Lipinski definition) is 9. The summed E-state index contributed by atoms with van der Waals surface area (Å²) in [5.41, 5.74) is 1.93. The first-order valence-corrected chi connectivity index (χ1v) is 11.9. The van der Waals surface area contributed by atoms with Gasteiger partial charge in [0.15, 0.2) is 22.6 Å². The van der Waals surface area contributed by atoms with Crippen LogP contribution in [0.1, 0.15) is 10.5 Å². The van der Waals surface area contributed by atoms with E-state index in [4.69, 9.17) is 4.74 Å². The van der Waals surface area contributed by atoms with E-state index in [2.05, 4.69) is 15.3 Å². The van der Waals surface area contributed by atoms with E-state index in [-0.39, 0.29) is 16.5 Å². The molecular weight excluding hydrogens is 478 g/mol. The number of nitrogens with zero attached hydrogens (tertiary/aromatic N) is 4. The summed E-state index contributed by atoms with van der Waals surface area (Å²) in [5, 5.41) is 16.1. The van der Waals surface area contributed by atoms with E-state index in [1.54, 1.807) is 22.1 Å². The van der Waals surface area contributed by atoms with Crippen LogP contribution in [-0.2, 0) is 9.53 Å². The maximum Gasteiger partial charge on any atom is 0.357 e. The van der Waals surface area contributed by atoms with Crippen molar-refractivity contribution in [2.24, 2.45) is 0 Å². The van der Waals surface area contributed by atoms with Gasteiger partial charge in [-0.3, -0.25) is 24.8 Å². The number of para-hydroxylation sites is 1. The lowest BCUT2D eigenvalue weighted by Gasteiger charge is -2.10. The highest BCUT2D eigenvalue weighted by molar-refractivity contribution is 7.98. The molecule has 0 aliphatic carbocycles. The van der Waals surface area contributed by atoms with Crippen LogP contribution in [0.2, 0.25) is 0 Å². The van der Waals surface area contributed by atoms with Crippen molar-refractivity contribution < 1.29 is 19.2 Å². The molecule has 0 atom stereocenters. The van der Waals surface area contributed by atoms with Gasteiger partial charge in [0, 0.05) is 28.8 Å². The molecule has 2 aromatic carbocycles. The topological polar surface area (TPSA) is 129 Å². The van der Waals surface area contributed by atoms with Gasteiger partial charge in [0.1, 0.15) is 0 Å². The number of ether oxygens (including phenoxy) is 1. The Labute approximate surface area is 201 Å². The Bertz CT molecular complexity index is 1350. The summed E-state index contributed by atoms with van der Waals surface area (Å²) in [6.45, 7) is -0.515. The number of thioether (sulfide) groups is 1. The second kappa shape index (κ2) is 10.3. The number of non-ortho nitro benzene ring substituents is 1. The van der Waals surface area contributed by atoms with Crippen molar-refractivity contribution in [2.75, 3.05) is 18.2 Å². The summed E-state index contributed by atoms with van der Waals surface area (Å²) in [6, 6.07) is 15.3. The number of carbonyl (C=O) groups is 2. The Balaban J connectivity index is 1.40. The van der Waals surface area contributed by atoms with Crippen LogP contribution in [0.4, 0.5) is 10.8 Å². The Morgan fingerprint density at radius 1 is 1.21 bits per heavy atom. The predicted octanol–water partition coefficient (Wildman–Crippen LogP) is 4.42. The zero-order valence-corrected chi connectivity index (χ0v) is 19.3. The maximum atomic E-state index is 12.7. The molecule has 4 rings (SSSR count). The van der Waals surface area contributed by atoms with Crippen molar-refractivity contribution in [1.29, 1.82) is 0 Å². The third-order valence-corrected chi connectivity index (χ3v) is 5.98. The van der Waals surface area contributed by atoms with Crippen LogP contribution in [-0.4, -0.2) is 44.2 Å². The second-order valence-electron chi connectivity index (χ2n) is 6.77. The number of nitrogens with one attached hydrogen (secondary N) is 1.